The highest BCUT2D eigenvalue weighted by Crippen LogP contribution is 2.20. The molecule has 0 N–H and O–H groups in total. The van der Waals surface area contributed by atoms with Gasteiger partial charge in [-0.05, 0) is 35.6 Å². The first-order valence-corrected chi connectivity index (χ1v) is 9.92. The van der Waals surface area contributed by atoms with Gasteiger partial charge in [-0.25, -0.2) is 0 Å². The van der Waals surface area contributed by atoms with Gasteiger partial charge in [0, 0.05) is 38.8 Å². The van der Waals surface area contributed by atoms with E-state index in [9.17, 15) is 0 Å². The van der Waals surface area contributed by atoms with Gasteiger partial charge in [0.25, 0.3) is 0 Å². The summed E-state index contributed by atoms with van der Waals surface area (Å²) in [4.78, 5) is 5.27. The number of nitrogens with zero attached hydrogens (tertiary/aromatic N) is 2. The number of rotatable bonds is 7. The molecule has 1 saturated heterocycles. The Balaban J connectivity index is 1.42. The fourth-order valence-corrected chi connectivity index (χ4v) is 4.01. The van der Waals surface area contributed by atoms with Gasteiger partial charge in [0.2, 0.25) is 0 Å². The van der Waals surface area contributed by atoms with Crippen LogP contribution in [0.1, 0.15) is 23.1 Å². The van der Waals surface area contributed by atoms with Crippen LogP contribution in [-0.2, 0) is 19.5 Å². The zero-order valence-electron chi connectivity index (χ0n) is 15.8. The first-order valence-electron chi connectivity index (χ1n) is 9.92. The maximum absolute atomic E-state index is 5.25. The number of furan rings is 1. The molecule has 2 heterocycles. The summed E-state index contributed by atoms with van der Waals surface area (Å²) in [5.41, 5.74) is 4.11. The number of hydrogen-bond acceptors (Lipinski definition) is 3. The first-order chi connectivity index (χ1) is 13.4. The van der Waals surface area contributed by atoms with Crippen molar-refractivity contribution in [3.05, 3.63) is 95.9 Å². The molecule has 0 aliphatic carbocycles. The smallest absolute Gasteiger partial charge is 0.0934 e. The molecule has 0 amide bonds. The Hall–Kier alpha value is -2.36. The monoisotopic (exact) mass is 360 g/mol. The van der Waals surface area contributed by atoms with Crippen molar-refractivity contribution in [1.82, 2.24) is 9.80 Å². The largest absolute Gasteiger partial charge is 0.472 e. The molecule has 3 nitrogen and oxygen atoms in total. The normalized spacial score (nSPS) is 18.6. The van der Waals surface area contributed by atoms with Gasteiger partial charge in [0.1, 0.15) is 0 Å². The van der Waals surface area contributed by atoms with E-state index in [1.165, 1.54) is 16.7 Å². The highest BCUT2D eigenvalue weighted by molar-refractivity contribution is 5.16. The van der Waals surface area contributed by atoms with Crippen molar-refractivity contribution in [3.63, 3.8) is 0 Å². The Morgan fingerprint density at radius 2 is 1.48 bits per heavy atom. The van der Waals surface area contributed by atoms with E-state index >= 15 is 0 Å². The Bertz CT molecular complexity index is 786. The molecule has 4 rings (SSSR count). The Labute approximate surface area is 162 Å². The predicted octanol–water partition coefficient (Wildman–Crippen LogP) is 4.60. The average molecular weight is 361 g/mol. The SMILES string of the molecule is c1ccc(CN2CCN(Cc3ccccc3)[C@@H](CCc3ccoc3)C2)cc1. The van der Waals surface area contributed by atoms with Crippen LogP contribution in [0.4, 0.5) is 0 Å². The van der Waals surface area contributed by atoms with E-state index in [1.54, 1.807) is 6.26 Å². The lowest BCUT2D eigenvalue weighted by atomic mass is 10.0. The first kappa shape index (κ1) is 18.0. The van der Waals surface area contributed by atoms with Crippen LogP contribution in [0.15, 0.2) is 83.7 Å². The van der Waals surface area contributed by atoms with Gasteiger partial charge in [-0.15, -0.1) is 0 Å². The minimum Gasteiger partial charge on any atom is -0.472 e. The van der Waals surface area contributed by atoms with Gasteiger partial charge in [-0.1, -0.05) is 60.7 Å². The average Bonchev–Trinajstić information content (AvgIpc) is 3.23. The molecule has 3 heteroatoms. The van der Waals surface area contributed by atoms with Gasteiger partial charge < -0.3 is 4.42 Å². The second-order valence-corrected chi connectivity index (χ2v) is 7.50. The molecule has 1 atom stereocenters. The second kappa shape index (κ2) is 9.03. The van der Waals surface area contributed by atoms with Crippen LogP contribution in [0, 0.1) is 0 Å². The summed E-state index contributed by atoms with van der Waals surface area (Å²) in [7, 11) is 0. The van der Waals surface area contributed by atoms with Crippen molar-refractivity contribution in [2.75, 3.05) is 19.6 Å². The molecule has 1 aromatic heterocycles. The minimum absolute atomic E-state index is 0.567. The summed E-state index contributed by atoms with van der Waals surface area (Å²) in [6.45, 7) is 5.46. The summed E-state index contributed by atoms with van der Waals surface area (Å²) < 4.78 is 5.25. The molecule has 0 spiro atoms. The number of piperazine rings is 1. The van der Waals surface area contributed by atoms with Gasteiger partial charge >= 0.3 is 0 Å². The van der Waals surface area contributed by atoms with E-state index in [1.807, 2.05) is 6.26 Å². The number of aryl methyl sites for hydroxylation is 1. The van der Waals surface area contributed by atoms with E-state index in [0.717, 1.165) is 45.6 Å². The lowest BCUT2D eigenvalue weighted by molar-refractivity contribution is 0.0597. The molecule has 3 aromatic rings. The molecular formula is C24H28N2O. The molecule has 140 valence electrons. The van der Waals surface area contributed by atoms with Crippen molar-refractivity contribution in [3.8, 4) is 0 Å². The van der Waals surface area contributed by atoms with Crippen LogP contribution in [0.3, 0.4) is 0 Å². The van der Waals surface area contributed by atoms with E-state index < -0.39 is 0 Å². The highest BCUT2D eigenvalue weighted by atomic mass is 16.3. The summed E-state index contributed by atoms with van der Waals surface area (Å²) in [6, 6.07) is 24.3. The third-order valence-electron chi connectivity index (χ3n) is 5.51. The van der Waals surface area contributed by atoms with Crippen LogP contribution in [0.5, 0.6) is 0 Å². The zero-order chi connectivity index (χ0) is 18.3. The Kier molecular flexibility index (Phi) is 6.03. The molecule has 2 aromatic carbocycles. The van der Waals surface area contributed by atoms with Gasteiger partial charge in [0.15, 0.2) is 0 Å². The summed E-state index contributed by atoms with van der Waals surface area (Å²) >= 11 is 0. The molecule has 1 aliphatic heterocycles. The number of benzene rings is 2. The van der Waals surface area contributed by atoms with Crippen molar-refractivity contribution >= 4 is 0 Å². The minimum atomic E-state index is 0.567. The second-order valence-electron chi connectivity index (χ2n) is 7.50. The molecule has 27 heavy (non-hydrogen) atoms. The third-order valence-corrected chi connectivity index (χ3v) is 5.51. The van der Waals surface area contributed by atoms with Gasteiger partial charge in [-0.3, -0.25) is 9.80 Å². The highest BCUT2D eigenvalue weighted by Gasteiger charge is 2.26. The Morgan fingerprint density at radius 3 is 2.15 bits per heavy atom. The molecular weight excluding hydrogens is 332 g/mol. The van der Waals surface area contributed by atoms with E-state index in [2.05, 4.69) is 76.5 Å². The summed E-state index contributed by atoms with van der Waals surface area (Å²) in [5.74, 6) is 0. The van der Waals surface area contributed by atoms with Crippen molar-refractivity contribution < 1.29 is 4.42 Å². The van der Waals surface area contributed by atoms with Crippen LogP contribution in [0.25, 0.3) is 0 Å². The van der Waals surface area contributed by atoms with Crippen LogP contribution < -0.4 is 0 Å². The lowest BCUT2D eigenvalue weighted by Gasteiger charge is -2.41. The summed E-state index contributed by atoms with van der Waals surface area (Å²) in [6.07, 6.45) is 5.90. The quantitative estimate of drug-likeness (QED) is 0.614. The van der Waals surface area contributed by atoms with Gasteiger partial charge in [-0.2, -0.15) is 0 Å². The standard InChI is InChI=1S/C24H28N2O/c1-3-7-21(8-4-1)17-25-14-15-26(18-22-9-5-2-6-10-22)24(19-25)12-11-23-13-16-27-20-23/h1-10,13,16,20,24H,11-12,14-15,17-19H2/t24-/m0/s1. The fourth-order valence-electron chi connectivity index (χ4n) is 4.01. The predicted molar refractivity (Wildman–Crippen MR) is 109 cm³/mol. The van der Waals surface area contributed by atoms with E-state index in [4.69, 9.17) is 4.42 Å². The van der Waals surface area contributed by atoms with E-state index in [0.29, 0.717) is 6.04 Å². The third kappa shape index (κ3) is 5.09. The fraction of sp³-hybridized carbons (Fsp3) is 0.333. The molecule has 0 radical (unpaired) electrons. The molecule has 0 saturated carbocycles. The maximum atomic E-state index is 5.25. The summed E-state index contributed by atoms with van der Waals surface area (Å²) in [5, 5.41) is 0. The zero-order valence-corrected chi connectivity index (χ0v) is 15.8. The van der Waals surface area contributed by atoms with Crippen molar-refractivity contribution in [2.24, 2.45) is 0 Å². The van der Waals surface area contributed by atoms with Crippen LogP contribution >= 0.6 is 0 Å². The van der Waals surface area contributed by atoms with Crippen molar-refractivity contribution in [2.45, 2.75) is 32.0 Å². The van der Waals surface area contributed by atoms with Crippen LogP contribution in [0.2, 0.25) is 0 Å². The van der Waals surface area contributed by atoms with Crippen molar-refractivity contribution in [1.29, 1.82) is 0 Å². The van der Waals surface area contributed by atoms with Crippen LogP contribution in [-0.4, -0.2) is 35.5 Å². The topological polar surface area (TPSA) is 19.6 Å². The molecule has 0 unspecified atom stereocenters. The lowest BCUT2D eigenvalue weighted by Crippen LogP contribution is -2.52. The van der Waals surface area contributed by atoms with Gasteiger partial charge in [0.05, 0.1) is 12.5 Å². The maximum Gasteiger partial charge on any atom is 0.0934 e. The molecule has 0 bridgehead atoms. The molecule has 1 fully saturated rings. The molecule has 1 aliphatic rings. The Morgan fingerprint density at radius 1 is 0.778 bits per heavy atom. The number of hydrogen-bond donors (Lipinski definition) is 0. The van der Waals surface area contributed by atoms with E-state index in [-0.39, 0.29) is 0 Å².